The summed E-state index contributed by atoms with van der Waals surface area (Å²) in [5, 5.41) is 0. The smallest absolute Gasteiger partial charge is 0.0370 e. The van der Waals surface area contributed by atoms with Crippen molar-refractivity contribution >= 4 is 0 Å². The summed E-state index contributed by atoms with van der Waals surface area (Å²) in [6, 6.07) is 0.809. The fourth-order valence-electron chi connectivity index (χ4n) is 1.10. The molecule has 0 amide bonds. The minimum absolute atomic E-state index is 0.404. The van der Waals surface area contributed by atoms with E-state index in [1.54, 1.807) is 0 Å². The van der Waals surface area contributed by atoms with E-state index in [0.717, 1.165) is 0 Å². The molecule has 11 heavy (non-hydrogen) atoms. The quantitative estimate of drug-likeness (QED) is 0.548. The zero-order chi connectivity index (χ0) is 8.27. The van der Waals surface area contributed by atoms with Crippen LogP contribution in [0.4, 0.5) is 0 Å². The summed E-state index contributed by atoms with van der Waals surface area (Å²) < 4.78 is 0. The van der Waals surface area contributed by atoms with Crippen LogP contribution in [0, 0.1) is 0 Å². The Bertz CT molecular complexity index is 182. The molecule has 1 aliphatic rings. The third-order valence-corrected chi connectivity index (χ3v) is 1.70. The maximum atomic E-state index is 3.19. The molecule has 2 heteroatoms. The molecule has 0 bridgehead atoms. The summed E-state index contributed by atoms with van der Waals surface area (Å²) in [5.41, 5.74) is 7.68. The highest BCUT2D eigenvalue weighted by Crippen LogP contribution is 2.01. The van der Waals surface area contributed by atoms with Crippen LogP contribution in [0.15, 0.2) is 23.8 Å². The molecule has 0 radical (unpaired) electrons. The third-order valence-electron chi connectivity index (χ3n) is 1.70. The van der Waals surface area contributed by atoms with E-state index in [1.165, 1.54) is 5.57 Å². The summed E-state index contributed by atoms with van der Waals surface area (Å²) in [6.07, 6.45) is 6.48. The summed E-state index contributed by atoms with van der Waals surface area (Å²) in [6.45, 7) is 6.36. The van der Waals surface area contributed by atoms with Crippen LogP contribution in [0.3, 0.4) is 0 Å². The molecule has 0 aromatic carbocycles. The lowest BCUT2D eigenvalue weighted by Crippen LogP contribution is -2.43. The normalized spacial score (nSPS) is 40.1. The van der Waals surface area contributed by atoms with Gasteiger partial charge in [-0.1, -0.05) is 23.8 Å². The van der Waals surface area contributed by atoms with Crippen molar-refractivity contribution in [3.63, 3.8) is 0 Å². The summed E-state index contributed by atoms with van der Waals surface area (Å²) in [7, 11) is 0. The van der Waals surface area contributed by atoms with Gasteiger partial charge >= 0.3 is 0 Å². The van der Waals surface area contributed by atoms with Gasteiger partial charge in [0, 0.05) is 12.1 Å². The van der Waals surface area contributed by atoms with Gasteiger partial charge in [-0.05, 0) is 20.8 Å². The minimum Gasteiger partial charge on any atom is -0.251 e. The molecule has 1 rings (SSSR count). The maximum absolute atomic E-state index is 3.19. The van der Waals surface area contributed by atoms with Crippen LogP contribution in [-0.2, 0) is 0 Å². The largest absolute Gasteiger partial charge is 0.251 e. The fourth-order valence-corrected chi connectivity index (χ4v) is 1.10. The average Bonchev–Trinajstić information content (AvgIpc) is 1.95. The van der Waals surface area contributed by atoms with Crippen LogP contribution in [0.25, 0.3) is 0 Å². The van der Waals surface area contributed by atoms with Crippen molar-refractivity contribution in [2.75, 3.05) is 0 Å². The van der Waals surface area contributed by atoms with Crippen LogP contribution >= 0.6 is 0 Å². The van der Waals surface area contributed by atoms with Gasteiger partial charge in [0.1, 0.15) is 0 Å². The lowest BCUT2D eigenvalue weighted by atomic mass is 10.1. The van der Waals surface area contributed by atoms with Crippen LogP contribution in [0.5, 0.6) is 0 Å². The third kappa shape index (κ3) is 2.87. The molecule has 2 atom stereocenters. The Balaban J connectivity index is 2.67. The molecule has 1 aliphatic heterocycles. The van der Waals surface area contributed by atoms with Gasteiger partial charge in [0.25, 0.3) is 0 Å². The molecule has 2 nitrogen and oxygen atoms in total. The van der Waals surface area contributed by atoms with Gasteiger partial charge in [0.15, 0.2) is 0 Å². The molecule has 0 spiro atoms. The molecule has 2 unspecified atom stereocenters. The monoisotopic (exact) mass is 152 g/mol. The van der Waals surface area contributed by atoms with Gasteiger partial charge in [0.05, 0.1) is 0 Å². The highest BCUT2D eigenvalue weighted by Gasteiger charge is 2.02. The van der Waals surface area contributed by atoms with Gasteiger partial charge in [-0.25, -0.2) is 0 Å². The van der Waals surface area contributed by atoms with Crippen molar-refractivity contribution in [2.45, 2.75) is 32.9 Å². The molecule has 0 aromatic heterocycles. The van der Waals surface area contributed by atoms with Crippen molar-refractivity contribution in [1.82, 2.24) is 10.9 Å². The van der Waals surface area contributed by atoms with Crippen molar-refractivity contribution in [3.8, 4) is 0 Å². The van der Waals surface area contributed by atoms with Gasteiger partial charge in [0.2, 0.25) is 0 Å². The predicted octanol–water partition coefficient (Wildman–Crippen LogP) is 1.37. The van der Waals surface area contributed by atoms with Crippen LogP contribution in [0.2, 0.25) is 0 Å². The summed E-state index contributed by atoms with van der Waals surface area (Å²) >= 11 is 0. The van der Waals surface area contributed by atoms with E-state index in [-0.39, 0.29) is 0 Å². The standard InChI is InChI=1S/C9H16N2/c1-7-4-5-8(2)10-11-9(3)6-7/h4-6,8-11H,1-3H3/b5-4-,7-6-. The van der Waals surface area contributed by atoms with Gasteiger partial charge in [-0.15, -0.1) is 0 Å². The van der Waals surface area contributed by atoms with Crippen molar-refractivity contribution in [2.24, 2.45) is 0 Å². The Morgan fingerprint density at radius 3 is 2.55 bits per heavy atom. The van der Waals surface area contributed by atoms with Gasteiger partial charge in [-0.3, -0.25) is 10.9 Å². The minimum atomic E-state index is 0.404. The average molecular weight is 152 g/mol. The molecule has 1 heterocycles. The highest BCUT2D eigenvalue weighted by molar-refractivity contribution is 5.20. The molecule has 0 aromatic rings. The lowest BCUT2D eigenvalue weighted by molar-refractivity contribution is 0.466. The molecule has 0 saturated heterocycles. The molecule has 0 fully saturated rings. The zero-order valence-corrected chi connectivity index (χ0v) is 7.39. The van der Waals surface area contributed by atoms with E-state index in [9.17, 15) is 0 Å². The first kappa shape index (κ1) is 8.50. The first-order valence-corrected chi connectivity index (χ1v) is 4.06. The molecule has 0 aliphatic carbocycles. The number of hydrogen-bond donors (Lipinski definition) is 2. The Kier molecular flexibility index (Phi) is 2.85. The van der Waals surface area contributed by atoms with E-state index in [0.29, 0.717) is 12.1 Å². The van der Waals surface area contributed by atoms with E-state index < -0.39 is 0 Å². The second-order valence-electron chi connectivity index (χ2n) is 3.14. The number of nitrogens with one attached hydrogen (secondary N) is 2. The summed E-state index contributed by atoms with van der Waals surface area (Å²) in [5.74, 6) is 0. The van der Waals surface area contributed by atoms with Crippen molar-refractivity contribution in [3.05, 3.63) is 23.8 Å². The van der Waals surface area contributed by atoms with Crippen LogP contribution in [0.1, 0.15) is 20.8 Å². The Labute approximate surface area is 68.3 Å². The second kappa shape index (κ2) is 3.69. The van der Waals surface area contributed by atoms with E-state index in [2.05, 4.69) is 49.9 Å². The molecule has 0 saturated carbocycles. The second-order valence-corrected chi connectivity index (χ2v) is 3.14. The Hall–Kier alpha value is -0.600. The van der Waals surface area contributed by atoms with Crippen LogP contribution < -0.4 is 10.9 Å². The Morgan fingerprint density at radius 2 is 1.82 bits per heavy atom. The van der Waals surface area contributed by atoms with E-state index in [4.69, 9.17) is 0 Å². The van der Waals surface area contributed by atoms with Gasteiger partial charge < -0.3 is 0 Å². The molecule has 2 N–H and O–H groups in total. The Morgan fingerprint density at radius 1 is 1.18 bits per heavy atom. The first-order valence-electron chi connectivity index (χ1n) is 4.06. The first-order chi connectivity index (χ1) is 5.18. The SMILES string of the molecule is CC1=C/C(C)NNC(C)/C=C\1. The van der Waals surface area contributed by atoms with Gasteiger partial charge in [-0.2, -0.15) is 0 Å². The lowest BCUT2D eigenvalue weighted by Gasteiger charge is -2.17. The molecular weight excluding hydrogens is 136 g/mol. The van der Waals surface area contributed by atoms with Crippen molar-refractivity contribution in [1.29, 1.82) is 0 Å². The molecular formula is C9H16N2. The fraction of sp³-hybridized carbons (Fsp3) is 0.556. The number of allylic oxidation sites excluding steroid dienone is 2. The number of hydrazine groups is 1. The predicted molar refractivity (Wildman–Crippen MR) is 48.1 cm³/mol. The van der Waals surface area contributed by atoms with E-state index >= 15 is 0 Å². The topological polar surface area (TPSA) is 24.1 Å². The van der Waals surface area contributed by atoms with Crippen molar-refractivity contribution < 1.29 is 0 Å². The number of hydrogen-bond acceptors (Lipinski definition) is 2. The van der Waals surface area contributed by atoms with E-state index in [1.807, 2.05) is 0 Å². The maximum Gasteiger partial charge on any atom is 0.0370 e. The highest BCUT2D eigenvalue weighted by atomic mass is 15.4. The summed E-state index contributed by atoms with van der Waals surface area (Å²) in [4.78, 5) is 0. The number of rotatable bonds is 0. The zero-order valence-electron chi connectivity index (χ0n) is 7.39. The van der Waals surface area contributed by atoms with Crippen LogP contribution in [-0.4, -0.2) is 12.1 Å². The molecule has 62 valence electrons.